The molecule has 0 atom stereocenters. The lowest BCUT2D eigenvalue weighted by atomic mass is 10.0. The van der Waals surface area contributed by atoms with Crippen molar-refractivity contribution in [3.05, 3.63) is 12.5 Å². The smallest absolute Gasteiger partial charge is 0.141 e. The van der Waals surface area contributed by atoms with E-state index in [1.54, 1.807) is 6.33 Å². The third kappa shape index (κ3) is 2.54. The second kappa shape index (κ2) is 4.43. The van der Waals surface area contributed by atoms with E-state index >= 15 is 0 Å². The number of hydrogen-bond donors (Lipinski definition) is 1. The number of aromatic nitrogens is 2. The first-order valence-corrected chi connectivity index (χ1v) is 5.68. The Morgan fingerprint density at radius 1 is 1.44 bits per heavy atom. The third-order valence-electron chi connectivity index (χ3n) is 3.02. The first-order valence-electron chi connectivity index (χ1n) is 5.68. The van der Waals surface area contributed by atoms with Crippen LogP contribution >= 0.6 is 0 Å². The summed E-state index contributed by atoms with van der Waals surface area (Å²) in [7, 11) is 0. The van der Waals surface area contributed by atoms with E-state index in [4.69, 9.17) is 10.5 Å². The maximum absolute atomic E-state index is 5.64. The van der Waals surface area contributed by atoms with Crippen LogP contribution in [0.2, 0.25) is 0 Å². The van der Waals surface area contributed by atoms with E-state index in [0.717, 1.165) is 32.8 Å². The molecule has 0 aliphatic carbocycles. The van der Waals surface area contributed by atoms with Gasteiger partial charge in [-0.1, -0.05) is 0 Å². The van der Waals surface area contributed by atoms with Crippen LogP contribution in [0.15, 0.2) is 12.5 Å². The zero-order chi connectivity index (χ0) is 11.6. The highest BCUT2D eigenvalue weighted by Gasteiger charge is 2.24. The predicted molar refractivity (Wildman–Crippen MR) is 63.2 cm³/mol. The topological polar surface area (TPSA) is 56.3 Å². The van der Waals surface area contributed by atoms with E-state index in [9.17, 15) is 0 Å². The fraction of sp³-hybridized carbons (Fsp3) is 0.727. The number of ether oxygens (including phenoxy) is 1. The Labute approximate surface area is 96.2 Å². The molecule has 5 heteroatoms. The van der Waals surface area contributed by atoms with E-state index in [1.165, 1.54) is 0 Å². The number of anilines is 1. The molecule has 2 heterocycles. The Kier molecular flexibility index (Phi) is 3.16. The number of rotatable bonds is 3. The van der Waals surface area contributed by atoms with Crippen LogP contribution in [0.1, 0.15) is 13.8 Å². The van der Waals surface area contributed by atoms with E-state index in [2.05, 4.69) is 28.3 Å². The van der Waals surface area contributed by atoms with Gasteiger partial charge in [0.05, 0.1) is 25.1 Å². The van der Waals surface area contributed by atoms with Crippen molar-refractivity contribution in [3.8, 4) is 0 Å². The SMILES string of the molecule is CC(C)(CN1CCOCC1)n1cnc(N)c1. The lowest BCUT2D eigenvalue weighted by Crippen LogP contribution is -2.45. The average molecular weight is 224 g/mol. The predicted octanol–water partition coefficient (Wildman–Crippen LogP) is 0.533. The Hall–Kier alpha value is -1.07. The minimum Gasteiger partial charge on any atom is -0.382 e. The summed E-state index contributed by atoms with van der Waals surface area (Å²) in [5, 5.41) is 0. The van der Waals surface area contributed by atoms with Gasteiger partial charge in [0, 0.05) is 25.8 Å². The highest BCUT2D eigenvalue weighted by molar-refractivity contribution is 5.23. The highest BCUT2D eigenvalue weighted by Crippen LogP contribution is 2.18. The average Bonchev–Trinajstić information content (AvgIpc) is 2.66. The molecule has 0 spiro atoms. The molecule has 1 aliphatic heterocycles. The van der Waals surface area contributed by atoms with Gasteiger partial charge in [0.2, 0.25) is 0 Å². The summed E-state index contributed by atoms with van der Waals surface area (Å²) in [5.74, 6) is 0.579. The number of nitrogens with two attached hydrogens (primary N) is 1. The van der Waals surface area contributed by atoms with Gasteiger partial charge in [-0.05, 0) is 13.8 Å². The summed E-state index contributed by atoms with van der Waals surface area (Å²) < 4.78 is 7.42. The van der Waals surface area contributed by atoms with Crippen LogP contribution in [0.5, 0.6) is 0 Å². The largest absolute Gasteiger partial charge is 0.382 e. The molecule has 90 valence electrons. The molecule has 0 unspecified atom stereocenters. The molecule has 0 radical (unpaired) electrons. The van der Waals surface area contributed by atoms with Gasteiger partial charge in [0.15, 0.2) is 0 Å². The third-order valence-corrected chi connectivity index (χ3v) is 3.02. The molecule has 1 aromatic rings. The van der Waals surface area contributed by atoms with Crippen LogP contribution in [0.25, 0.3) is 0 Å². The van der Waals surface area contributed by atoms with Gasteiger partial charge in [0.25, 0.3) is 0 Å². The van der Waals surface area contributed by atoms with Crippen LogP contribution < -0.4 is 5.73 Å². The molecular formula is C11H20N4O. The zero-order valence-corrected chi connectivity index (χ0v) is 10.0. The molecule has 1 saturated heterocycles. The Morgan fingerprint density at radius 2 is 2.12 bits per heavy atom. The van der Waals surface area contributed by atoms with Crippen LogP contribution in [0.3, 0.4) is 0 Å². The van der Waals surface area contributed by atoms with Crippen LogP contribution in [-0.4, -0.2) is 47.3 Å². The van der Waals surface area contributed by atoms with Gasteiger partial charge in [-0.3, -0.25) is 4.90 Å². The lowest BCUT2D eigenvalue weighted by Gasteiger charge is -2.35. The standard InChI is InChI=1S/C11H20N4O/c1-11(2,15-7-10(12)13-9-15)8-14-3-5-16-6-4-14/h7,9H,3-6,8,12H2,1-2H3. The fourth-order valence-electron chi connectivity index (χ4n) is 2.06. The number of nitrogen functional groups attached to an aromatic ring is 1. The molecule has 5 nitrogen and oxygen atoms in total. The van der Waals surface area contributed by atoms with Crippen molar-refractivity contribution in [2.75, 3.05) is 38.6 Å². The van der Waals surface area contributed by atoms with Crippen LogP contribution in [0, 0.1) is 0 Å². The Morgan fingerprint density at radius 3 is 2.69 bits per heavy atom. The molecule has 0 saturated carbocycles. The Balaban J connectivity index is 2.01. The molecule has 0 aromatic carbocycles. The molecule has 0 bridgehead atoms. The maximum atomic E-state index is 5.64. The molecule has 1 aliphatic rings. The fourth-order valence-corrected chi connectivity index (χ4v) is 2.06. The maximum Gasteiger partial charge on any atom is 0.141 e. The second-order valence-corrected chi connectivity index (χ2v) is 4.91. The van der Waals surface area contributed by atoms with Crippen molar-refractivity contribution < 1.29 is 4.74 Å². The van der Waals surface area contributed by atoms with E-state index in [1.807, 2.05) is 6.20 Å². The number of hydrogen-bond acceptors (Lipinski definition) is 4. The monoisotopic (exact) mass is 224 g/mol. The first-order chi connectivity index (χ1) is 7.58. The summed E-state index contributed by atoms with van der Waals surface area (Å²) in [6, 6.07) is 0. The molecule has 2 rings (SSSR count). The van der Waals surface area contributed by atoms with Crippen molar-refractivity contribution >= 4 is 5.82 Å². The molecule has 2 N–H and O–H groups in total. The van der Waals surface area contributed by atoms with E-state index < -0.39 is 0 Å². The summed E-state index contributed by atoms with van der Waals surface area (Å²) in [5.41, 5.74) is 5.66. The molecule has 1 fully saturated rings. The minimum absolute atomic E-state index is 0.0158. The van der Waals surface area contributed by atoms with Crippen molar-refractivity contribution in [1.82, 2.24) is 14.5 Å². The number of morpholine rings is 1. The summed E-state index contributed by atoms with van der Waals surface area (Å²) >= 11 is 0. The van der Waals surface area contributed by atoms with Crippen LogP contribution in [-0.2, 0) is 10.3 Å². The second-order valence-electron chi connectivity index (χ2n) is 4.91. The number of imidazole rings is 1. The normalized spacial score (nSPS) is 18.9. The van der Waals surface area contributed by atoms with Gasteiger partial charge in [-0.25, -0.2) is 4.98 Å². The molecular weight excluding hydrogens is 204 g/mol. The number of nitrogens with zero attached hydrogens (tertiary/aromatic N) is 3. The van der Waals surface area contributed by atoms with Crippen molar-refractivity contribution in [2.45, 2.75) is 19.4 Å². The van der Waals surface area contributed by atoms with Crippen LogP contribution in [0.4, 0.5) is 5.82 Å². The minimum atomic E-state index is 0.0158. The van der Waals surface area contributed by atoms with Gasteiger partial charge in [0.1, 0.15) is 5.82 Å². The Bertz CT molecular complexity index is 342. The zero-order valence-electron chi connectivity index (χ0n) is 10.0. The van der Waals surface area contributed by atoms with Crippen molar-refractivity contribution in [2.24, 2.45) is 0 Å². The van der Waals surface area contributed by atoms with Gasteiger partial charge in [-0.15, -0.1) is 0 Å². The van der Waals surface area contributed by atoms with E-state index in [0.29, 0.717) is 5.82 Å². The van der Waals surface area contributed by atoms with Gasteiger partial charge >= 0.3 is 0 Å². The van der Waals surface area contributed by atoms with Crippen molar-refractivity contribution in [3.63, 3.8) is 0 Å². The molecule has 16 heavy (non-hydrogen) atoms. The summed E-state index contributed by atoms with van der Waals surface area (Å²) in [6.45, 7) is 9.07. The van der Waals surface area contributed by atoms with Crippen molar-refractivity contribution in [1.29, 1.82) is 0 Å². The highest BCUT2D eigenvalue weighted by atomic mass is 16.5. The van der Waals surface area contributed by atoms with Gasteiger partial charge in [-0.2, -0.15) is 0 Å². The quantitative estimate of drug-likeness (QED) is 0.814. The van der Waals surface area contributed by atoms with Gasteiger partial charge < -0.3 is 15.0 Å². The first kappa shape index (κ1) is 11.4. The molecule has 0 amide bonds. The molecule has 1 aromatic heterocycles. The summed E-state index contributed by atoms with van der Waals surface area (Å²) in [4.78, 5) is 6.49. The summed E-state index contributed by atoms with van der Waals surface area (Å²) in [6.07, 6.45) is 3.69. The lowest BCUT2D eigenvalue weighted by molar-refractivity contribution is 0.0228. The van der Waals surface area contributed by atoms with E-state index in [-0.39, 0.29) is 5.54 Å².